The normalized spacial score (nSPS) is 19.5. The zero-order valence-electron chi connectivity index (χ0n) is 14.6. The molecule has 3 aromatic rings. The second-order valence-corrected chi connectivity index (χ2v) is 7.63. The number of rotatable bonds is 3. The number of non-ortho nitro benzene ring substituents is 1. The van der Waals surface area contributed by atoms with E-state index in [1.807, 2.05) is 6.07 Å². The van der Waals surface area contributed by atoms with E-state index in [9.17, 15) is 10.1 Å². The van der Waals surface area contributed by atoms with E-state index in [1.165, 1.54) is 22.4 Å². The van der Waals surface area contributed by atoms with Crippen LogP contribution in [0.25, 0.3) is 10.9 Å². The minimum atomic E-state index is -0.305. The number of nitro groups is 1. The number of H-pyrrole nitrogens is 1. The molecule has 5 rings (SSSR count). The Bertz CT molecular complexity index is 983. The van der Waals surface area contributed by atoms with Crippen molar-refractivity contribution < 1.29 is 10.2 Å². The van der Waals surface area contributed by atoms with E-state index in [4.69, 9.17) is 0 Å². The highest BCUT2D eigenvalue weighted by Gasteiger charge is 2.32. The molecule has 3 N–H and O–H groups in total. The standard InChI is InChI=1S/C21H21N3O2/c25-24(26)16-8-9-19-18(12-16)17-6-3-7-20(21(17)23-19)22-15-10-13-4-1-2-5-14(13)11-15/h1-2,4-5,8-9,12,15,20,22-23H,3,6-7,10-11H2/p+1/t20-/m1/s1. The van der Waals surface area contributed by atoms with Gasteiger partial charge in [-0.3, -0.25) is 10.1 Å². The Morgan fingerprint density at radius 3 is 2.62 bits per heavy atom. The number of nitrogens with two attached hydrogens (primary N) is 1. The lowest BCUT2D eigenvalue weighted by atomic mass is 9.91. The predicted octanol–water partition coefficient (Wildman–Crippen LogP) is 3.18. The lowest BCUT2D eigenvalue weighted by molar-refractivity contribution is -0.728. The van der Waals surface area contributed by atoms with E-state index in [2.05, 4.69) is 34.6 Å². The zero-order valence-corrected chi connectivity index (χ0v) is 14.6. The number of aromatic nitrogens is 1. The third-order valence-corrected chi connectivity index (χ3v) is 6.03. The average Bonchev–Trinajstić information content (AvgIpc) is 3.22. The number of benzene rings is 2. The van der Waals surface area contributed by atoms with Crippen LogP contribution in [0.15, 0.2) is 42.5 Å². The minimum absolute atomic E-state index is 0.177. The van der Waals surface area contributed by atoms with Gasteiger partial charge in [0.05, 0.1) is 16.7 Å². The van der Waals surface area contributed by atoms with Gasteiger partial charge in [0, 0.05) is 42.3 Å². The molecule has 2 aliphatic rings. The fourth-order valence-electron chi connectivity index (χ4n) is 4.85. The molecule has 0 bridgehead atoms. The Kier molecular flexibility index (Phi) is 3.57. The monoisotopic (exact) mass is 348 g/mol. The molecule has 1 aromatic heterocycles. The van der Waals surface area contributed by atoms with Crippen LogP contribution in [-0.2, 0) is 19.3 Å². The second-order valence-electron chi connectivity index (χ2n) is 7.63. The van der Waals surface area contributed by atoms with Crippen LogP contribution in [0.4, 0.5) is 5.69 Å². The highest BCUT2D eigenvalue weighted by atomic mass is 16.6. The van der Waals surface area contributed by atoms with Gasteiger partial charge in [-0.2, -0.15) is 0 Å². The molecule has 1 atom stereocenters. The molecule has 0 saturated heterocycles. The second kappa shape index (κ2) is 5.95. The molecule has 0 spiro atoms. The van der Waals surface area contributed by atoms with Crippen molar-refractivity contribution >= 4 is 16.6 Å². The van der Waals surface area contributed by atoms with Crippen LogP contribution >= 0.6 is 0 Å². The van der Waals surface area contributed by atoms with Crippen molar-refractivity contribution in [3.05, 3.63) is 75.0 Å². The number of hydrogen-bond acceptors (Lipinski definition) is 2. The summed E-state index contributed by atoms with van der Waals surface area (Å²) in [6.07, 6.45) is 5.57. The molecule has 1 heterocycles. The van der Waals surface area contributed by atoms with Gasteiger partial charge >= 0.3 is 0 Å². The number of aryl methyl sites for hydroxylation is 1. The van der Waals surface area contributed by atoms with Crippen LogP contribution in [-0.4, -0.2) is 15.9 Å². The number of quaternary nitrogens is 1. The predicted molar refractivity (Wildman–Crippen MR) is 100 cm³/mol. The molecule has 0 saturated carbocycles. The molecule has 2 aliphatic carbocycles. The number of aromatic amines is 1. The summed E-state index contributed by atoms with van der Waals surface area (Å²) in [6, 6.07) is 14.9. The van der Waals surface area contributed by atoms with E-state index in [1.54, 1.807) is 12.1 Å². The Morgan fingerprint density at radius 1 is 1.12 bits per heavy atom. The van der Waals surface area contributed by atoms with Gasteiger partial charge in [0.2, 0.25) is 0 Å². The maximum absolute atomic E-state index is 11.1. The van der Waals surface area contributed by atoms with Crippen LogP contribution in [0.1, 0.15) is 41.3 Å². The number of nitrogens with one attached hydrogen (secondary N) is 1. The first-order chi connectivity index (χ1) is 12.7. The summed E-state index contributed by atoms with van der Waals surface area (Å²) in [5, 5.41) is 14.7. The Balaban J connectivity index is 1.45. The topological polar surface area (TPSA) is 75.5 Å². The zero-order chi connectivity index (χ0) is 17.7. The van der Waals surface area contributed by atoms with Crippen LogP contribution in [0, 0.1) is 10.1 Å². The first kappa shape index (κ1) is 15.6. The van der Waals surface area contributed by atoms with Gasteiger partial charge in [0.25, 0.3) is 5.69 Å². The van der Waals surface area contributed by atoms with Crippen molar-refractivity contribution in [1.82, 2.24) is 4.98 Å². The van der Waals surface area contributed by atoms with Crippen molar-refractivity contribution in [3.8, 4) is 0 Å². The molecule has 5 heteroatoms. The van der Waals surface area contributed by atoms with Crippen molar-refractivity contribution in [3.63, 3.8) is 0 Å². The fraction of sp³-hybridized carbons (Fsp3) is 0.333. The smallest absolute Gasteiger partial charge is 0.270 e. The molecular formula is C21H22N3O2+. The first-order valence-corrected chi connectivity index (χ1v) is 9.39. The van der Waals surface area contributed by atoms with Gasteiger partial charge in [0.1, 0.15) is 6.04 Å². The lowest BCUT2D eigenvalue weighted by Gasteiger charge is -2.24. The van der Waals surface area contributed by atoms with Gasteiger partial charge in [0.15, 0.2) is 0 Å². The van der Waals surface area contributed by atoms with Crippen LogP contribution in [0.2, 0.25) is 0 Å². The Hall–Kier alpha value is -2.66. The maximum atomic E-state index is 11.1. The van der Waals surface area contributed by atoms with E-state index in [0.29, 0.717) is 12.1 Å². The van der Waals surface area contributed by atoms with Crippen molar-refractivity contribution in [2.75, 3.05) is 0 Å². The summed E-state index contributed by atoms with van der Waals surface area (Å²) < 4.78 is 0. The number of hydrogen-bond donors (Lipinski definition) is 2. The summed E-state index contributed by atoms with van der Waals surface area (Å²) in [5.74, 6) is 0. The van der Waals surface area contributed by atoms with E-state index in [-0.39, 0.29) is 10.6 Å². The van der Waals surface area contributed by atoms with Gasteiger partial charge in [-0.15, -0.1) is 0 Å². The van der Waals surface area contributed by atoms with Crippen molar-refractivity contribution in [2.24, 2.45) is 0 Å². The molecule has 0 fully saturated rings. The number of nitro benzene ring substituents is 1. The van der Waals surface area contributed by atoms with Crippen LogP contribution in [0.5, 0.6) is 0 Å². The van der Waals surface area contributed by atoms with Gasteiger partial charge in [-0.25, -0.2) is 0 Å². The molecule has 0 aliphatic heterocycles. The molecule has 132 valence electrons. The Labute approximate surface area is 151 Å². The summed E-state index contributed by atoms with van der Waals surface area (Å²) in [6.45, 7) is 0. The fourth-order valence-corrected chi connectivity index (χ4v) is 4.85. The molecule has 2 aromatic carbocycles. The van der Waals surface area contributed by atoms with E-state index >= 15 is 0 Å². The van der Waals surface area contributed by atoms with Gasteiger partial charge in [-0.1, -0.05) is 24.3 Å². The first-order valence-electron chi connectivity index (χ1n) is 9.39. The van der Waals surface area contributed by atoms with Crippen LogP contribution < -0.4 is 5.32 Å². The lowest BCUT2D eigenvalue weighted by Crippen LogP contribution is -2.91. The largest absolute Gasteiger partial charge is 0.353 e. The van der Waals surface area contributed by atoms with Gasteiger partial charge < -0.3 is 10.3 Å². The third kappa shape index (κ3) is 2.51. The van der Waals surface area contributed by atoms with E-state index < -0.39 is 0 Å². The number of fused-ring (bicyclic) bond motifs is 4. The minimum Gasteiger partial charge on any atom is -0.353 e. The molecular weight excluding hydrogens is 326 g/mol. The van der Waals surface area contributed by atoms with Crippen molar-refractivity contribution in [1.29, 1.82) is 0 Å². The van der Waals surface area contributed by atoms with Crippen molar-refractivity contribution in [2.45, 2.75) is 44.2 Å². The summed E-state index contributed by atoms with van der Waals surface area (Å²) >= 11 is 0. The maximum Gasteiger partial charge on any atom is 0.270 e. The molecule has 0 amide bonds. The molecule has 0 radical (unpaired) electrons. The third-order valence-electron chi connectivity index (χ3n) is 6.03. The summed E-state index contributed by atoms with van der Waals surface area (Å²) in [7, 11) is 0. The summed E-state index contributed by atoms with van der Waals surface area (Å²) in [5.41, 5.74) is 6.73. The summed E-state index contributed by atoms with van der Waals surface area (Å²) in [4.78, 5) is 14.4. The highest BCUT2D eigenvalue weighted by molar-refractivity contribution is 5.87. The SMILES string of the molecule is O=[N+]([O-])c1ccc2[nH]c3c(c2c1)CCC[C@H]3[NH2+]C1Cc2ccccc2C1. The Morgan fingerprint density at radius 2 is 1.88 bits per heavy atom. The van der Waals surface area contributed by atoms with Crippen LogP contribution in [0.3, 0.4) is 0 Å². The van der Waals surface area contributed by atoms with E-state index in [0.717, 1.165) is 43.0 Å². The highest BCUT2D eigenvalue weighted by Crippen LogP contribution is 2.35. The van der Waals surface area contributed by atoms with Gasteiger partial charge in [-0.05, 0) is 35.6 Å². The average molecular weight is 348 g/mol. The molecule has 26 heavy (non-hydrogen) atoms. The quantitative estimate of drug-likeness (QED) is 0.563. The molecule has 5 nitrogen and oxygen atoms in total. The molecule has 0 unspecified atom stereocenters. The number of nitrogens with zero attached hydrogens (tertiary/aromatic N) is 1.